The van der Waals surface area contributed by atoms with Gasteiger partial charge in [-0.05, 0) is 29.0 Å². The van der Waals surface area contributed by atoms with Crippen molar-refractivity contribution < 1.29 is 32.6 Å². The SMILES string of the molecule is CC(C)[C@H](NC(=O)c1cscc1-c1ccc(OC(F)(F)F)cc1)C(=O)O. The summed E-state index contributed by atoms with van der Waals surface area (Å²) < 4.78 is 40.5. The van der Waals surface area contributed by atoms with Crippen molar-refractivity contribution in [1.82, 2.24) is 5.32 Å². The Morgan fingerprint density at radius 1 is 1.15 bits per heavy atom. The van der Waals surface area contributed by atoms with Gasteiger partial charge in [-0.1, -0.05) is 26.0 Å². The van der Waals surface area contributed by atoms with Gasteiger partial charge in [0.2, 0.25) is 0 Å². The summed E-state index contributed by atoms with van der Waals surface area (Å²) in [5.41, 5.74) is 1.27. The number of ether oxygens (including phenoxy) is 1. The van der Waals surface area contributed by atoms with E-state index in [4.69, 9.17) is 0 Å². The number of thiophene rings is 1. The molecule has 0 saturated heterocycles. The number of hydrogen-bond donors (Lipinski definition) is 2. The molecule has 5 nitrogen and oxygen atoms in total. The van der Waals surface area contributed by atoms with Gasteiger partial charge in [0, 0.05) is 10.9 Å². The fourth-order valence-electron chi connectivity index (χ4n) is 2.27. The van der Waals surface area contributed by atoms with Crippen LogP contribution in [0.4, 0.5) is 13.2 Å². The summed E-state index contributed by atoms with van der Waals surface area (Å²) in [7, 11) is 0. The predicted octanol–water partition coefficient (Wildman–Crippen LogP) is 4.15. The third-order valence-electron chi connectivity index (χ3n) is 3.52. The zero-order chi connectivity index (χ0) is 19.5. The van der Waals surface area contributed by atoms with Gasteiger partial charge in [-0.15, -0.1) is 13.2 Å². The maximum absolute atomic E-state index is 12.4. The monoisotopic (exact) mass is 387 g/mol. The van der Waals surface area contributed by atoms with Crippen molar-refractivity contribution in [3.8, 4) is 16.9 Å². The van der Waals surface area contributed by atoms with Crippen LogP contribution >= 0.6 is 11.3 Å². The molecule has 0 radical (unpaired) electrons. The Bertz CT molecular complexity index is 784. The molecule has 0 bridgehead atoms. The average Bonchev–Trinajstić information content (AvgIpc) is 3.00. The number of aliphatic carboxylic acids is 1. The van der Waals surface area contributed by atoms with E-state index in [-0.39, 0.29) is 17.2 Å². The Balaban J connectivity index is 2.22. The van der Waals surface area contributed by atoms with Crippen molar-refractivity contribution in [3.05, 3.63) is 40.6 Å². The summed E-state index contributed by atoms with van der Waals surface area (Å²) >= 11 is 1.23. The van der Waals surface area contributed by atoms with Crippen LogP contribution in [-0.4, -0.2) is 29.4 Å². The lowest BCUT2D eigenvalue weighted by atomic mass is 10.0. The highest BCUT2D eigenvalue weighted by atomic mass is 32.1. The van der Waals surface area contributed by atoms with Crippen molar-refractivity contribution in [2.45, 2.75) is 26.3 Å². The topological polar surface area (TPSA) is 75.6 Å². The minimum Gasteiger partial charge on any atom is -0.480 e. The molecule has 0 aliphatic heterocycles. The smallest absolute Gasteiger partial charge is 0.480 e. The first kappa shape index (κ1) is 19.8. The Morgan fingerprint density at radius 2 is 1.77 bits per heavy atom. The number of nitrogens with one attached hydrogen (secondary N) is 1. The van der Waals surface area contributed by atoms with Crippen LogP contribution in [0.25, 0.3) is 11.1 Å². The standard InChI is InChI=1S/C17H16F3NO4S/c1-9(2)14(16(23)24)21-15(22)13-8-26-7-12(13)10-3-5-11(6-4-10)25-17(18,19)20/h3-9,14H,1-2H3,(H,21,22)(H,23,24)/t14-/m0/s1. The van der Waals surface area contributed by atoms with E-state index in [0.717, 1.165) is 12.1 Å². The van der Waals surface area contributed by atoms with Crippen LogP contribution in [0.5, 0.6) is 5.75 Å². The molecule has 0 fully saturated rings. The quantitative estimate of drug-likeness (QED) is 0.781. The van der Waals surface area contributed by atoms with Crippen LogP contribution in [0.15, 0.2) is 35.0 Å². The fourth-order valence-corrected chi connectivity index (χ4v) is 3.10. The molecule has 140 valence electrons. The molecule has 0 aliphatic rings. The number of carbonyl (C=O) groups excluding carboxylic acids is 1. The average molecular weight is 387 g/mol. The maximum atomic E-state index is 12.4. The third kappa shape index (κ3) is 4.98. The lowest BCUT2D eigenvalue weighted by molar-refractivity contribution is -0.274. The van der Waals surface area contributed by atoms with E-state index in [1.165, 1.54) is 23.5 Å². The molecule has 0 spiro atoms. The number of carboxylic acids is 1. The zero-order valence-electron chi connectivity index (χ0n) is 13.8. The van der Waals surface area contributed by atoms with Crippen molar-refractivity contribution in [2.75, 3.05) is 0 Å². The molecule has 0 saturated carbocycles. The van der Waals surface area contributed by atoms with Gasteiger partial charge in [0.25, 0.3) is 5.91 Å². The summed E-state index contributed by atoms with van der Waals surface area (Å²) in [4.78, 5) is 23.7. The lowest BCUT2D eigenvalue weighted by Gasteiger charge is -2.18. The molecule has 2 N–H and O–H groups in total. The highest BCUT2D eigenvalue weighted by Crippen LogP contribution is 2.30. The largest absolute Gasteiger partial charge is 0.573 e. The van der Waals surface area contributed by atoms with E-state index >= 15 is 0 Å². The zero-order valence-corrected chi connectivity index (χ0v) is 14.6. The summed E-state index contributed by atoms with van der Waals surface area (Å²) in [5.74, 6) is -2.37. The van der Waals surface area contributed by atoms with Crippen LogP contribution in [0.2, 0.25) is 0 Å². The number of carboxylic acid groups (broad SMARTS) is 1. The number of amides is 1. The number of halogens is 3. The molecule has 1 heterocycles. The predicted molar refractivity (Wildman–Crippen MR) is 90.2 cm³/mol. The maximum Gasteiger partial charge on any atom is 0.573 e. The van der Waals surface area contributed by atoms with E-state index in [2.05, 4.69) is 10.1 Å². The summed E-state index contributed by atoms with van der Waals surface area (Å²) in [6.07, 6.45) is -4.78. The second kappa shape index (κ2) is 7.77. The normalized spacial score (nSPS) is 12.7. The third-order valence-corrected chi connectivity index (χ3v) is 4.27. The van der Waals surface area contributed by atoms with Crippen LogP contribution in [-0.2, 0) is 4.79 Å². The number of carbonyl (C=O) groups is 2. The molecule has 0 aliphatic carbocycles. The first-order chi connectivity index (χ1) is 12.1. The molecule has 1 aromatic heterocycles. The van der Waals surface area contributed by atoms with Gasteiger partial charge in [-0.25, -0.2) is 4.79 Å². The molecule has 1 amide bonds. The highest BCUT2D eigenvalue weighted by Gasteiger charge is 2.31. The number of rotatable bonds is 6. The second-order valence-electron chi connectivity index (χ2n) is 5.80. The Kier molecular flexibility index (Phi) is 5.91. The minimum atomic E-state index is -4.78. The minimum absolute atomic E-state index is 0.256. The highest BCUT2D eigenvalue weighted by molar-refractivity contribution is 7.08. The molecule has 26 heavy (non-hydrogen) atoms. The van der Waals surface area contributed by atoms with Crippen molar-refractivity contribution in [2.24, 2.45) is 5.92 Å². The van der Waals surface area contributed by atoms with Gasteiger partial charge in [0.15, 0.2) is 0 Å². The fraction of sp³-hybridized carbons (Fsp3) is 0.294. The van der Waals surface area contributed by atoms with E-state index in [1.807, 2.05) is 0 Å². The lowest BCUT2D eigenvalue weighted by Crippen LogP contribution is -2.44. The first-order valence-corrected chi connectivity index (χ1v) is 8.49. The molecule has 9 heteroatoms. The van der Waals surface area contributed by atoms with Crippen LogP contribution in [0, 0.1) is 5.92 Å². The molecule has 0 unspecified atom stereocenters. The molecule has 1 atom stereocenters. The second-order valence-corrected chi connectivity index (χ2v) is 6.55. The van der Waals surface area contributed by atoms with E-state index in [0.29, 0.717) is 11.1 Å². The van der Waals surface area contributed by atoms with E-state index < -0.39 is 24.3 Å². The summed E-state index contributed by atoms with van der Waals surface area (Å²) in [6, 6.07) is 4.05. The van der Waals surface area contributed by atoms with Crippen LogP contribution < -0.4 is 10.1 Å². The van der Waals surface area contributed by atoms with Crippen LogP contribution in [0.3, 0.4) is 0 Å². The van der Waals surface area contributed by atoms with Gasteiger partial charge >= 0.3 is 12.3 Å². The van der Waals surface area contributed by atoms with Crippen molar-refractivity contribution >= 4 is 23.2 Å². The molecular weight excluding hydrogens is 371 g/mol. The van der Waals surface area contributed by atoms with Gasteiger partial charge < -0.3 is 15.2 Å². The number of alkyl halides is 3. The molecular formula is C17H16F3NO4S. The van der Waals surface area contributed by atoms with Crippen molar-refractivity contribution in [1.29, 1.82) is 0 Å². The molecule has 2 rings (SSSR count). The Hall–Kier alpha value is -2.55. The summed E-state index contributed by atoms with van der Waals surface area (Å²) in [6.45, 7) is 3.35. The first-order valence-electron chi connectivity index (χ1n) is 7.54. The molecule has 1 aromatic carbocycles. The van der Waals surface area contributed by atoms with Gasteiger partial charge in [0.1, 0.15) is 11.8 Å². The van der Waals surface area contributed by atoms with E-state index in [9.17, 15) is 27.9 Å². The Morgan fingerprint density at radius 3 is 2.27 bits per heavy atom. The van der Waals surface area contributed by atoms with Crippen molar-refractivity contribution in [3.63, 3.8) is 0 Å². The number of hydrogen-bond acceptors (Lipinski definition) is 4. The number of benzene rings is 1. The van der Waals surface area contributed by atoms with Gasteiger partial charge in [-0.3, -0.25) is 4.79 Å². The van der Waals surface area contributed by atoms with E-state index in [1.54, 1.807) is 24.6 Å². The van der Waals surface area contributed by atoms with Gasteiger partial charge in [0.05, 0.1) is 5.56 Å². The Labute approximate surface area is 151 Å². The summed E-state index contributed by atoms with van der Waals surface area (Å²) in [5, 5.41) is 14.9. The van der Waals surface area contributed by atoms with Crippen LogP contribution in [0.1, 0.15) is 24.2 Å². The van der Waals surface area contributed by atoms with Gasteiger partial charge in [-0.2, -0.15) is 11.3 Å². The molecule has 2 aromatic rings.